The molecule has 0 aliphatic heterocycles. The fourth-order valence-corrected chi connectivity index (χ4v) is 9.71. The highest BCUT2D eigenvalue weighted by Gasteiger charge is 2.44. The van der Waals surface area contributed by atoms with Crippen LogP contribution in [0.25, 0.3) is 0 Å². The molecule has 0 radical (unpaired) electrons. The van der Waals surface area contributed by atoms with Crippen LogP contribution in [0.1, 0.15) is 54.4 Å². The summed E-state index contributed by atoms with van der Waals surface area (Å²) in [5, 5.41) is 1.99. The minimum atomic E-state index is -2.87. The van der Waals surface area contributed by atoms with Crippen LogP contribution < -0.4 is 10.6 Å². The van der Waals surface area contributed by atoms with Gasteiger partial charge in [0.2, 0.25) is 0 Å². The molecule has 39 heavy (non-hydrogen) atoms. The van der Waals surface area contributed by atoms with E-state index in [4.69, 9.17) is 8.85 Å². The monoisotopic (exact) mass is 582 g/mol. The molecule has 214 valence electrons. The average Bonchev–Trinajstić information content (AvgIpc) is 2.84. The Hall–Kier alpha value is -1.50. The van der Waals surface area contributed by atoms with E-state index in [9.17, 15) is 4.57 Å². The summed E-state index contributed by atoms with van der Waals surface area (Å²) in [4.78, 5) is 0. The predicted octanol–water partition coefficient (Wildman–Crippen LogP) is 9.06. The van der Waals surface area contributed by atoms with E-state index >= 15 is 0 Å². The third-order valence-electron chi connectivity index (χ3n) is 9.18. The third kappa shape index (κ3) is 7.43. The molecule has 0 amide bonds. The van der Waals surface area contributed by atoms with Crippen molar-refractivity contribution in [3.05, 3.63) is 84.5 Å². The second kappa shape index (κ2) is 11.8. The van der Waals surface area contributed by atoms with Crippen LogP contribution in [-0.4, -0.2) is 35.0 Å². The molecule has 3 rings (SSSR count). The summed E-state index contributed by atoms with van der Waals surface area (Å²) < 4.78 is 28.7. The Morgan fingerprint density at radius 1 is 0.821 bits per heavy atom. The molecule has 2 atom stereocenters. The minimum Gasteiger partial charge on any atom is -0.413 e. The van der Waals surface area contributed by atoms with Crippen molar-refractivity contribution in [3.8, 4) is 0 Å². The normalized spacial score (nSPS) is 20.9. The summed E-state index contributed by atoms with van der Waals surface area (Å²) in [6.45, 7) is 27.5. The first-order valence-corrected chi connectivity index (χ1v) is 22.0. The first-order valence-electron chi connectivity index (χ1n) is 14.3. The van der Waals surface area contributed by atoms with Crippen LogP contribution in [0.15, 0.2) is 84.5 Å². The molecule has 0 spiro atoms. The van der Waals surface area contributed by atoms with E-state index in [2.05, 4.69) is 80.4 Å². The maximum atomic E-state index is 14.7. The first kappa shape index (κ1) is 32.0. The lowest BCUT2D eigenvalue weighted by molar-refractivity contribution is 0.0969. The zero-order valence-electron chi connectivity index (χ0n) is 26.0. The van der Waals surface area contributed by atoms with Crippen molar-refractivity contribution in [2.24, 2.45) is 0 Å². The van der Waals surface area contributed by atoms with E-state index < -0.39 is 23.8 Å². The molecule has 1 saturated carbocycles. The highest BCUT2D eigenvalue weighted by Crippen LogP contribution is 2.47. The van der Waals surface area contributed by atoms with Gasteiger partial charge in [-0.2, -0.15) is 0 Å². The van der Waals surface area contributed by atoms with Crippen LogP contribution in [0.2, 0.25) is 36.3 Å². The molecule has 2 aromatic rings. The number of allylic oxidation sites excluding steroid dienone is 1. The van der Waals surface area contributed by atoms with Crippen molar-refractivity contribution in [1.29, 1.82) is 0 Å². The molecule has 2 aromatic carbocycles. The van der Waals surface area contributed by atoms with E-state index in [1.54, 1.807) is 0 Å². The summed E-state index contributed by atoms with van der Waals surface area (Å²) in [5.74, 6) is 0. The molecule has 0 unspecified atom stereocenters. The smallest absolute Gasteiger partial charge is 0.192 e. The van der Waals surface area contributed by atoms with Crippen molar-refractivity contribution in [2.75, 3.05) is 6.16 Å². The Bertz CT molecular complexity index is 1160. The molecular weight excluding hydrogens is 532 g/mol. The number of rotatable bonds is 8. The summed E-state index contributed by atoms with van der Waals surface area (Å²) >= 11 is 0. The molecule has 0 heterocycles. The lowest BCUT2D eigenvalue weighted by atomic mass is 9.86. The molecule has 3 nitrogen and oxygen atoms in total. The van der Waals surface area contributed by atoms with E-state index in [0.29, 0.717) is 6.16 Å². The molecule has 1 aliphatic carbocycles. The van der Waals surface area contributed by atoms with Gasteiger partial charge in [-0.25, -0.2) is 0 Å². The maximum absolute atomic E-state index is 14.7. The first-order chi connectivity index (χ1) is 17.9. The molecule has 0 saturated heterocycles. The lowest BCUT2D eigenvalue weighted by Crippen LogP contribution is -2.49. The summed E-state index contributed by atoms with van der Waals surface area (Å²) in [6, 6.07) is 19.8. The van der Waals surface area contributed by atoms with Gasteiger partial charge in [0.1, 0.15) is 7.14 Å². The predicted molar refractivity (Wildman–Crippen MR) is 175 cm³/mol. The minimum absolute atomic E-state index is 0.0604. The number of benzene rings is 2. The topological polar surface area (TPSA) is 35.5 Å². The second-order valence-corrected chi connectivity index (χ2v) is 26.5. The average molecular weight is 583 g/mol. The Balaban J connectivity index is 2.01. The van der Waals surface area contributed by atoms with Crippen molar-refractivity contribution >= 4 is 34.4 Å². The zero-order chi connectivity index (χ0) is 29.3. The summed E-state index contributed by atoms with van der Waals surface area (Å²) in [6.07, 6.45) is 4.22. The number of hydrogen-bond donors (Lipinski definition) is 0. The highest BCUT2D eigenvalue weighted by molar-refractivity contribution is 7.78. The van der Waals surface area contributed by atoms with Gasteiger partial charge >= 0.3 is 0 Å². The Labute approximate surface area is 240 Å². The molecule has 6 heteroatoms. The fraction of sp³-hybridized carbons (Fsp3) is 0.515. The van der Waals surface area contributed by atoms with Crippen molar-refractivity contribution in [2.45, 2.75) is 103 Å². The fourth-order valence-electron chi connectivity index (χ4n) is 4.53. The maximum Gasteiger partial charge on any atom is 0.192 e. The van der Waals surface area contributed by atoms with Gasteiger partial charge < -0.3 is 13.4 Å². The molecule has 1 fully saturated rings. The van der Waals surface area contributed by atoms with E-state index in [1.165, 1.54) is 0 Å². The van der Waals surface area contributed by atoms with Gasteiger partial charge in [0.05, 0.1) is 12.2 Å². The molecule has 0 bridgehead atoms. The van der Waals surface area contributed by atoms with Crippen molar-refractivity contribution in [1.82, 2.24) is 0 Å². The van der Waals surface area contributed by atoms with Crippen molar-refractivity contribution < 1.29 is 13.4 Å². The molecule has 1 aliphatic rings. The Morgan fingerprint density at radius 3 is 1.69 bits per heavy atom. The van der Waals surface area contributed by atoms with E-state index in [1.807, 2.05) is 60.7 Å². The van der Waals surface area contributed by atoms with Gasteiger partial charge in [0, 0.05) is 23.2 Å². The van der Waals surface area contributed by atoms with Crippen LogP contribution >= 0.6 is 7.14 Å². The molecular formula is C33H51O3PSi2. The van der Waals surface area contributed by atoms with Gasteiger partial charge in [-0.1, -0.05) is 115 Å². The van der Waals surface area contributed by atoms with Crippen LogP contribution in [0.3, 0.4) is 0 Å². The summed E-state index contributed by atoms with van der Waals surface area (Å²) in [5.41, 5.74) is 2.17. The van der Waals surface area contributed by atoms with Gasteiger partial charge in [0.15, 0.2) is 16.6 Å². The second-order valence-electron chi connectivity index (χ2n) is 14.2. The Morgan fingerprint density at radius 2 is 1.26 bits per heavy atom. The quantitative estimate of drug-likeness (QED) is 0.230. The van der Waals surface area contributed by atoms with E-state index in [-0.39, 0.29) is 22.3 Å². The van der Waals surface area contributed by atoms with Gasteiger partial charge in [-0.15, -0.1) is 0 Å². The van der Waals surface area contributed by atoms with Gasteiger partial charge in [-0.05, 0) is 53.8 Å². The standard InChI is InChI=1S/C33H51O3PSi2/c1-26-27(22-23-37(34,29-18-14-12-15-19-29)30-20-16-13-17-21-30)24-28(35-38(8,9)32(2,3)4)25-31(26)36-39(10,11)33(5,6)7/h12-22,28,31H,1,23-25H2,2-11H3/b27-22-/t28-,31-/m0/s1. The third-order valence-corrected chi connectivity index (χ3v) is 21.2. The lowest BCUT2D eigenvalue weighted by Gasteiger charge is -2.45. The molecule has 0 N–H and O–H groups in total. The van der Waals surface area contributed by atoms with Crippen LogP contribution in [0, 0.1) is 0 Å². The highest BCUT2D eigenvalue weighted by atomic mass is 31.2. The zero-order valence-corrected chi connectivity index (χ0v) is 28.9. The van der Waals surface area contributed by atoms with Crippen LogP contribution in [0.5, 0.6) is 0 Å². The molecule has 0 aromatic heterocycles. The SMILES string of the molecule is C=C1/C(=C\CP(=O)(c2ccccc2)c2ccccc2)C[C@H](O[Si](C)(C)C(C)(C)C)C[C@@H]1O[Si](C)(C)C(C)(C)C. The van der Waals surface area contributed by atoms with E-state index in [0.717, 1.165) is 34.6 Å². The van der Waals surface area contributed by atoms with Gasteiger partial charge in [-0.3, -0.25) is 0 Å². The van der Waals surface area contributed by atoms with Crippen LogP contribution in [-0.2, 0) is 13.4 Å². The number of hydrogen-bond acceptors (Lipinski definition) is 3. The Kier molecular flexibility index (Phi) is 9.67. The largest absolute Gasteiger partial charge is 0.413 e. The van der Waals surface area contributed by atoms with Gasteiger partial charge in [0.25, 0.3) is 0 Å². The van der Waals surface area contributed by atoms with Crippen LogP contribution in [0.4, 0.5) is 0 Å². The van der Waals surface area contributed by atoms with Crippen molar-refractivity contribution in [3.63, 3.8) is 0 Å². The summed E-state index contributed by atoms with van der Waals surface area (Å²) in [7, 11) is -6.90.